The number of aromatic amines is 2. The Morgan fingerprint density at radius 3 is 2.66 bits per heavy atom. The highest BCUT2D eigenvalue weighted by Crippen LogP contribution is 2.31. The van der Waals surface area contributed by atoms with Crippen molar-refractivity contribution in [2.75, 3.05) is 43.9 Å². The highest BCUT2D eigenvalue weighted by atomic mass is 127. The van der Waals surface area contributed by atoms with E-state index < -0.39 is 0 Å². The lowest BCUT2D eigenvalue weighted by atomic mass is 10.1. The number of fused-ring (bicyclic) bond motifs is 2. The number of piperazine rings is 1. The molecule has 2 aromatic carbocycles. The zero-order valence-electron chi connectivity index (χ0n) is 16.0. The predicted molar refractivity (Wildman–Crippen MR) is 126 cm³/mol. The second kappa shape index (κ2) is 7.03. The van der Waals surface area contributed by atoms with Crippen LogP contribution in [0, 0.1) is 3.57 Å². The average Bonchev–Trinajstić information content (AvgIpc) is 3.11. The van der Waals surface area contributed by atoms with Gasteiger partial charge in [-0.25, -0.2) is 4.98 Å². The number of pyridine rings is 1. The molecule has 3 heterocycles. The molecule has 0 saturated carbocycles. The Hall–Kier alpha value is -2.59. The number of nitrogens with zero attached hydrogens (tertiary/aromatic N) is 3. The summed E-state index contributed by atoms with van der Waals surface area (Å²) in [6, 6.07) is 11.9. The van der Waals surface area contributed by atoms with Crippen LogP contribution in [0.3, 0.4) is 0 Å². The zero-order valence-corrected chi connectivity index (χ0v) is 18.2. The van der Waals surface area contributed by atoms with Crippen molar-refractivity contribution >= 4 is 55.9 Å². The van der Waals surface area contributed by atoms with E-state index in [-0.39, 0.29) is 5.56 Å². The van der Waals surface area contributed by atoms with Gasteiger partial charge in [0.1, 0.15) is 11.4 Å². The number of nitrogens with two attached hydrogens (primary N) is 1. The Bertz CT molecular complexity index is 1290. The molecule has 0 unspecified atom stereocenters. The SMILES string of the molecule is CN1CCN(c2ccc3nc(-c4c(N)c5c(I)cccc5[nH]c4=O)[nH]c3c2)CC1. The van der Waals surface area contributed by atoms with Gasteiger partial charge in [-0.3, -0.25) is 4.79 Å². The second-order valence-electron chi connectivity index (χ2n) is 7.48. The second-order valence-corrected chi connectivity index (χ2v) is 8.64. The standard InChI is InChI=1S/C21H21IN6O/c1-27-7-9-28(10-8-27)12-5-6-14-16(11-12)25-20(24-14)18-19(23)17-13(22)3-2-4-15(17)26-21(18)29/h2-6,11H,7-10H2,1H3,(H,24,25)(H3,23,26,29). The maximum absolute atomic E-state index is 12.8. The first kappa shape index (κ1) is 18.4. The zero-order chi connectivity index (χ0) is 20.1. The van der Waals surface area contributed by atoms with E-state index in [0.717, 1.165) is 57.4 Å². The summed E-state index contributed by atoms with van der Waals surface area (Å²) in [7, 11) is 2.15. The van der Waals surface area contributed by atoms with Crippen LogP contribution in [0.5, 0.6) is 0 Å². The smallest absolute Gasteiger partial charge is 0.261 e. The number of imidazole rings is 1. The molecule has 0 atom stereocenters. The number of nitrogen functional groups attached to an aromatic ring is 1. The highest BCUT2D eigenvalue weighted by molar-refractivity contribution is 14.1. The fourth-order valence-electron chi connectivity index (χ4n) is 3.95. The van der Waals surface area contributed by atoms with Gasteiger partial charge in [0.15, 0.2) is 0 Å². The first-order valence-electron chi connectivity index (χ1n) is 9.55. The maximum atomic E-state index is 12.8. The lowest BCUT2D eigenvalue weighted by Gasteiger charge is -2.34. The number of halogens is 1. The van der Waals surface area contributed by atoms with E-state index in [0.29, 0.717) is 17.1 Å². The van der Waals surface area contributed by atoms with E-state index in [9.17, 15) is 4.79 Å². The quantitative estimate of drug-likeness (QED) is 0.368. The largest absolute Gasteiger partial charge is 0.397 e. The number of benzene rings is 2. The topological polar surface area (TPSA) is 94.0 Å². The average molecular weight is 500 g/mol. The number of hydrogen-bond donors (Lipinski definition) is 3. The van der Waals surface area contributed by atoms with Gasteiger partial charge in [-0.1, -0.05) is 6.07 Å². The number of likely N-dealkylation sites (N-methyl/N-ethyl adjacent to an activating group) is 1. The molecule has 4 N–H and O–H groups in total. The number of H-pyrrole nitrogens is 2. The minimum Gasteiger partial charge on any atom is -0.397 e. The van der Waals surface area contributed by atoms with E-state index in [2.05, 4.69) is 66.5 Å². The summed E-state index contributed by atoms with van der Waals surface area (Å²) in [6.07, 6.45) is 0. The van der Waals surface area contributed by atoms with Crippen molar-refractivity contribution in [3.05, 3.63) is 50.3 Å². The summed E-state index contributed by atoms with van der Waals surface area (Å²) in [5, 5.41) is 0.848. The Morgan fingerprint density at radius 1 is 1.07 bits per heavy atom. The van der Waals surface area contributed by atoms with Crippen LogP contribution < -0.4 is 16.2 Å². The summed E-state index contributed by atoms with van der Waals surface area (Å²) in [6.45, 7) is 4.10. The summed E-state index contributed by atoms with van der Waals surface area (Å²) < 4.78 is 0.989. The first-order valence-corrected chi connectivity index (χ1v) is 10.6. The van der Waals surface area contributed by atoms with Crippen LogP contribution in [-0.4, -0.2) is 53.1 Å². The van der Waals surface area contributed by atoms with E-state index >= 15 is 0 Å². The van der Waals surface area contributed by atoms with Gasteiger partial charge >= 0.3 is 0 Å². The number of rotatable bonds is 2. The summed E-state index contributed by atoms with van der Waals surface area (Å²) >= 11 is 2.23. The Labute approximate surface area is 181 Å². The number of aromatic nitrogens is 3. The third kappa shape index (κ3) is 3.16. The molecule has 8 heteroatoms. The lowest BCUT2D eigenvalue weighted by molar-refractivity contribution is 0.313. The van der Waals surface area contributed by atoms with Crippen molar-refractivity contribution < 1.29 is 0 Å². The summed E-state index contributed by atoms with van der Waals surface area (Å²) in [5.41, 5.74) is 10.7. The molecule has 29 heavy (non-hydrogen) atoms. The van der Waals surface area contributed by atoms with Gasteiger partial charge in [0.05, 0.1) is 22.2 Å². The van der Waals surface area contributed by atoms with E-state index in [1.165, 1.54) is 0 Å². The van der Waals surface area contributed by atoms with Gasteiger partial charge in [-0.15, -0.1) is 0 Å². The van der Waals surface area contributed by atoms with Gasteiger partial charge < -0.3 is 25.5 Å². The van der Waals surface area contributed by atoms with E-state index in [4.69, 9.17) is 5.73 Å². The Morgan fingerprint density at radius 2 is 1.86 bits per heavy atom. The highest BCUT2D eigenvalue weighted by Gasteiger charge is 2.19. The van der Waals surface area contributed by atoms with Crippen LogP contribution in [0.25, 0.3) is 33.3 Å². The van der Waals surface area contributed by atoms with Crippen LogP contribution in [0.2, 0.25) is 0 Å². The molecule has 4 aromatic rings. The normalized spacial score (nSPS) is 15.4. The van der Waals surface area contributed by atoms with Crippen molar-refractivity contribution in [2.45, 2.75) is 0 Å². The summed E-state index contributed by atoms with van der Waals surface area (Å²) in [4.78, 5) is 28.4. The van der Waals surface area contributed by atoms with Gasteiger partial charge in [0.2, 0.25) is 0 Å². The van der Waals surface area contributed by atoms with Gasteiger partial charge in [0.25, 0.3) is 5.56 Å². The van der Waals surface area contributed by atoms with Crippen molar-refractivity contribution in [1.29, 1.82) is 0 Å². The van der Waals surface area contributed by atoms with Crippen molar-refractivity contribution in [3.8, 4) is 11.4 Å². The Kier molecular flexibility index (Phi) is 4.47. The predicted octanol–water partition coefficient (Wildman–Crippen LogP) is 3.01. The molecular formula is C21H21IN6O. The molecule has 0 radical (unpaired) electrons. The molecule has 1 saturated heterocycles. The van der Waals surface area contributed by atoms with Crippen molar-refractivity contribution in [2.24, 2.45) is 0 Å². The number of anilines is 2. The van der Waals surface area contributed by atoms with E-state index in [1.807, 2.05) is 24.3 Å². The minimum absolute atomic E-state index is 0.240. The molecule has 5 rings (SSSR count). The fourth-order valence-corrected chi connectivity index (χ4v) is 4.74. The monoisotopic (exact) mass is 500 g/mol. The summed E-state index contributed by atoms with van der Waals surface area (Å²) in [5.74, 6) is 0.496. The molecule has 1 aliphatic heterocycles. The van der Waals surface area contributed by atoms with Crippen LogP contribution in [0.4, 0.5) is 11.4 Å². The van der Waals surface area contributed by atoms with Crippen LogP contribution in [0.1, 0.15) is 0 Å². The third-order valence-electron chi connectivity index (χ3n) is 5.60. The number of nitrogens with one attached hydrogen (secondary N) is 2. The molecule has 7 nitrogen and oxygen atoms in total. The van der Waals surface area contributed by atoms with Crippen molar-refractivity contribution in [1.82, 2.24) is 19.9 Å². The maximum Gasteiger partial charge on any atom is 0.261 e. The molecule has 148 valence electrons. The minimum atomic E-state index is -0.240. The molecule has 0 amide bonds. The van der Waals surface area contributed by atoms with E-state index in [1.54, 1.807) is 0 Å². The first-order chi connectivity index (χ1) is 14.0. The fraction of sp³-hybridized carbons (Fsp3) is 0.238. The molecule has 1 fully saturated rings. The van der Waals surface area contributed by atoms with Gasteiger partial charge in [-0.05, 0) is 60.0 Å². The molecule has 0 aliphatic carbocycles. The van der Waals surface area contributed by atoms with Crippen molar-refractivity contribution in [3.63, 3.8) is 0 Å². The van der Waals surface area contributed by atoms with Crippen LogP contribution in [0.15, 0.2) is 41.2 Å². The molecule has 0 bridgehead atoms. The van der Waals surface area contributed by atoms with Gasteiger partial charge in [-0.2, -0.15) is 0 Å². The molecule has 2 aromatic heterocycles. The molecule has 0 spiro atoms. The third-order valence-corrected chi connectivity index (χ3v) is 6.50. The molecule has 1 aliphatic rings. The molecular weight excluding hydrogens is 479 g/mol. The van der Waals surface area contributed by atoms with Crippen LogP contribution in [-0.2, 0) is 0 Å². The lowest BCUT2D eigenvalue weighted by Crippen LogP contribution is -2.44. The number of hydrogen-bond acceptors (Lipinski definition) is 5. The van der Waals surface area contributed by atoms with Gasteiger partial charge in [0, 0.05) is 40.8 Å². The van der Waals surface area contributed by atoms with Crippen LogP contribution >= 0.6 is 22.6 Å². The Balaban J connectivity index is 1.61.